The first-order valence-corrected chi connectivity index (χ1v) is 5.37. The lowest BCUT2D eigenvalue weighted by atomic mass is 10.3. The third-order valence-corrected chi connectivity index (χ3v) is 2.40. The molecule has 18 heavy (non-hydrogen) atoms. The Labute approximate surface area is 109 Å². The highest BCUT2D eigenvalue weighted by Gasteiger charge is 2.18. The van der Waals surface area contributed by atoms with Gasteiger partial charge in [0, 0.05) is 18.2 Å². The second-order valence-corrected chi connectivity index (χ2v) is 3.90. The first kappa shape index (κ1) is 14.1. The Kier molecular flexibility index (Phi) is 4.78. The Morgan fingerprint density at radius 3 is 2.83 bits per heavy atom. The molecule has 0 atom stereocenters. The third kappa shape index (κ3) is 3.81. The molecule has 8 heteroatoms. The molecule has 0 fully saturated rings. The van der Waals surface area contributed by atoms with E-state index in [2.05, 4.69) is 15.9 Å². The first-order valence-electron chi connectivity index (χ1n) is 4.57. The smallest absolute Gasteiger partial charge is 0.328 e. The number of nitrogens with zero attached hydrogens (tertiary/aromatic N) is 1. The van der Waals surface area contributed by atoms with Crippen LogP contribution in [0.4, 0.5) is 10.1 Å². The normalized spacial score (nSPS) is 10.6. The number of ether oxygens (including phenoxy) is 1. The molecular weight excluding hydrogens is 313 g/mol. The largest absolute Gasteiger partial charge is 0.482 e. The van der Waals surface area contributed by atoms with Crippen LogP contribution in [0.3, 0.4) is 0 Å². The van der Waals surface area contributed by atoms with Crippen LogP contribution in [0.5, 0.6) is 5.75 Å². The zero-order valence-corrected chi connectivity index (χ0v) is 10.4. The van der Waals surface area contributed by atoms with Crippen molar-refractivity contribution in [2.75, 3.05) is 6.61 Å². The van der Waals surface area contributed by atoms with Gasteiger partial charge in [0.15, 0.2) is 5.75 Å². The summed E-state index contributed by atoms with van der Waals surface area (Å²) < 4.78 is 18.1. The number of aliphatic carboxylic acids is 1. The highest BCUT2D eigenvalue weighted by molar-refractivity contribution is 9.10. The van der Waals surface area contributed by atoms with Crippen LogP contribution in [0.1, 0.15) is 0 Å². The first-order chi connectivity index (χ1) is 8.41. The molecule has 0 heterocycles. The molecular formula is C10H7BrFNO5. The number of carbonyl (C=O) groups is 1. The van der Waals surface area contributed by atoms with Crippen molar-refractivity contribution >= 4 is 27.6 Å². The predicted octanol–water partition coefficient (Wildman–Crippen LogP) is 2.52. The fourth-order valence-corrected chi connectivity index (χ4v) is 1.39. The fourth-order valence-electron chi connectivity index (χ4n) is 1.06. The van der Waals surface area contributed by atoms with Gasteiger partial charge in [-0.3, -0.25) is 10.1 Å². The average molecular weight is 320 g/mol. The van der Waals surface area contributed by atoms with Gasteiger partial charge < -0.3 is 9.84 Å². The van der Waals surface area contributed by atoms with Crippen molar-refractivity contribution in [1.82, 2.24) is 0 Å². The minimum Gasteiger partial charge on any atom is -0.482 e. The minimum absolute atomic E-state index is 0.0531. The zero-order chi connectivity index (χ0) is 13.7. The van der Waals surface area contributed by atoms with E-state index in [1.54, 1.807) is 0 Å². The van der Waals surface area contributed by atoms with Crippen LogP contribution in [-0.2, 0) is 4.79 Å². The van der Waals surface area contributed by atoms with Crippen LogP contribution in [0.2, 0.25) is 0 Å². The van der Waals surface area contributed by atoms with Gasteiger partial charge in [-0.25, -0.2) is 9.18 Å². The second kappa shape index (κ2) is 6.10. The Morgan fingerprint density at radius 1 is 1.61 bits per heavy atom. The summed E-state index contributed by atoms with van der Waals surface area (Å²) in [6.45, 7) is -0.214. The quantitative estimate of drug-likeness (QED) is 0.511. The van der Waals surface area contributed by atoms with Crippen molar-refractivity contribution in [2.24, 2.45) is 0 Å². The van der Waals surface area contributed by atoms with Crippen molar-refractivity contribution in [3.8, 4) is 5.75 Å². The Bertz CT molecular complexity index is 517. The van der Waals surface area contributed by atoms with E-state index in [4.69, 9.17) is 9.84 Å². The molecule has 0 aliphatic carbocycles. The van der Waals surface area contributed by atoms with Crippen LogP contribution in [0.25, 0.3) is 0 Å². The number of nitro groups is 1. The SMILES string of the molecule is O=C(O)/C=C/COc1cc(F)c(Br)cc1[N+](=O)[O-]. The lowest BCUT2D eigenvalue weighted by Crippen LogP contribution is -2.00. The molecule has 96 valence electrons. The maximum atomic E-state index is 13.2. The van der Waals surface area contributed by atoms with E-state index in [-0.39, 0.29) is 16.8 Å². The fraction of sp³-hybridized carbons (Fsp3) is 0.100. The van der Waals surface area contributed by atoms with E-state index in [1.165, 1.54) is 0 Å². The van der Waals surface area contributed by atoms with Gasteiger partial charge in [-0.2, -0.15) is 0 Å². The summed E-state index contributed by atoms with van der Waals surface area (Å²) in [4.78, 5) is 20.1. The van der Waals surface area contributed by atoms with Crippen molar-refractivity contribution in [1.29, 1.82) is 0 Å². The Balaban J connectivity index is 2.90. The number of halogens is 2. The molecule has 0 aliphatic rings. The molecule has 0 aromatic heterocycles. The Morgan fingerprint density at radius 2 is 2.28 bits per heavy atom. The van der Waals surface area contributed by atoms with Crippen LogP contribution < -0.4 is 4.74 Å². The molecule has 1 aromatic carbocycles. The molecule has 0 radical (unpaired) electrons. The number of hydrogen-bond acceptors (Lipinski definition) is 4. The molecule has 1 rings (SSSR count). The number of carboxylic acids is 1. The van der Waals surface area contributed by atoms with E-state index < -0.39 is 22.4 Å². The van der Waals surface area contributed by atoms with Gasteiger partial charge in [0.2, 0.25) is 0 Å². The highest BCUT2D eigenvalue weighted by atomic mass is 79.9. The van der Waals surface area contributed by atoms with Gasteiger partial charge in [-0.1, -0.05) is 0 Å². The predicted molar refractivity (Wildman–Crippen MR) is 63.0 cm³/mol. The highest BCUT2D eigenvalue weighted by Crippen LogP contribution is 2.32. The van der Waals surface area contributed by atoms with E-state index in [9.17, 15) is 19.3 Å². The van der Waals surface area contributed by atoms with E-state index >= 15 is 0 Å². The van der Waals surface area contributed by atoms with Crippen molar-refractivity contribution in [3.63, 3.8) is 0 Å². The second-order valence-electron chi connectivity index (χ2n) is 3.04. The summed E-state index contributed by atoms with van der Waals surface area (Å²) in [5.41, 5.74) is -0.410. The van der Waals surface area contributed by atoms with Crippen molar-refractivity contribution < 1.29 is 24.0 Å². The van der Waals surface area contributed by atoms with Crippen LogP contribution >= 0.6 is 15.9 Å². The Hall–Kier alpha value is -1.96. The standard InChI is InChI=1S/C10H7BrFNO5/c11-6-4-8(13(16)17)9(5-7(6)12)18-3-1-2-10(14)15/h1-2,4-5H,3H2,(H,14,15)/b2-1+. The molecule has 6 nitrogen and oxygen atoms in total. The van der Waals surface area contributed by atoms with E-state index in [1.807, 2.05) is 0 Å². The molecule has 1 aromatic rings. The van der Waals surface area contributed by atoms with Gasteiger partial charge in [0.05, 0.1) is 9.40 Å². The molecule has 0 bridgehead atoms. The lowest BCUT2D eigenvalue weighted by molar-refractivity contribution is -0.385. The molecule has 0 aliphatic heterocycles. The molecule has 1 N–H and O–H groups in total. The van der Waals surface area contributed by atoms with Crippen molar-refractivity contribution in [3.05, 3.63) is 44.7 Å². The third-order valence-electron chi connectivity index (χ3n) is 1.79. The van der Waals surface area contributed by atoms with Gasteiger partial charge >= 0.3 is 11.7 Å². The molecule has 0 unspecified atom stereocenters. The number of nitro benzene ring substituents is 1. The molecule has 0 spiro atoms. The summed E-state index contributed by atoms with van der Waals surface area (Å²) in [6, 6.07) is 1.84. The summed E-state index contributed by atoms with van der Waals surface area (Å²) in [5, 5.41) is 19.0. The average Bonchev–Trinajstić information content (AvgIpc) is 2.28. The van der Waals surface area contributed by atoms with Gasteiger partial charge in [0.1, 0.15) is 12.4 Å². The van der Waals surface area contributed by atoms with Crippen molar-refractivity contribution in [2.45, 2.75) is 0 Å². The topological polar surface area (TPSA) is 89.7 Å². The number of rotatable bonds is 5. The maximum absolute atomic E-state index is 13.2. The van der Waals surface area contributed by atoms with Crippen LogP contribution in [-0.4, -0.2) is 22.6 Å². The number of carboxylic acid groups (broad SMARTS) is 1. The number of hydrogen-bond donors (Lipinski definition) is 1. The monoisotopic (exact) mass is 319 g/mol. The molecule has 0 saturated carbocycles. The lowest BCUT2D eigenvalue weighted by Gasteiger charge is -2.05. The summed E-state index contributed by atoms with van der Waals surface area (Å²) in [6.07, 6.45) is 1.97. The zero-order valence-electron chi connectivity index (χ0n) is 8.80. The summed E-state index contributed by atoms with van der Waals surface area (Å²) >= 11 is 2.82. The summed E-state index contributed by atoms with van der Waals surface area (Å²) in [7, 11) is 0. The molecule has 0 amide bonds. The van der Waals surface area contributed by atoms with Gasteiger partial charge in [0.25, 0.3) is 0 Å². The van der Waals surface area contributed by atoms with Gasteiger partial charge in [-0.15, -0.1) is 0 Å². The van der Waals surface area contributed by atoms with E-state index in [0.717, 1.165) is 24.3 Å². The maximum Gasteiger partial charge on any atom is 0.328 e. The number of benzene rings is 1. The van der Waals surface area contributed by atoms with Gasteiger partial charge in [-0.05, 0) is 22.0 Å². The van der Waals surface area contributed by atoms with Crippen LogP contribution in [0.15, 0.2) is 28.8 Å². The summed E-state index contributed by atoms with van der Waals surface area (Å²) in [5.74, 6) is -2.15. The van der Waals surface area contributed by atoms with Crippen LogP contribution in [0, 0.1) is 15.9 Å². The van der Waals surface area contributed by atoms with E-state index in [0.29, 0.717) is 0 Å². The minimum atomic E-state index is -1.17. The molecule has 0 saturated heterocycles.